The second-order valence-electron chi connectivity index (χ2n) is 7.70. The van der Waals surface area contributed by atoms with Crippen LogP contribution in [0.5, 0.6) is 17.2 Å². The van der Waals surface area contributed by atoms with E-state index >= 15 is 0 Å². The summed E-state index contributed by atoms with van der Waals surface area (Å²) < 4.78 is 27.6. The van der Waals surface area contributed by atoms with Crippen molar-refractivity contribution in [2.45, 2.75) is 45.4 Å². The quantitative estimate of drug-likeness (QED) is 0.232. The minimum atomic E-state index is -0.389. The molecule has 0 spiro atoms. The molecule has 3 rings (SSSR count). The van der Waals surface area contributed by atoms with E-state index < -0.39 is 0 Å². The molecule has 0 saturated heterocycles. The van der Waals surface area contributed by atoms with Crippen molar-refractivity contribution < 1.29 is 28.2 Å². The van der Waals surface area contributed by atoms with Crippen LogP contribution in [0.2, 0.25) is 0 Å². The SMILES string of the molecule is CCCCCCCCOC(=O)c1cc(OC)cc2occ(-c3cc(OC)cc(OC)c3)c12. The van der Waals surface area contributed by atoms with E-state index in [1.165, 1.54) is 25.7 Å². The van der Waals surface area contributed by atoms with E-state index in [2.05, 4.69) is 6.92 Å². The van der Waals surface area contributed by atoms with Crippen LogP contribution in [0.4, 0.5) is 0 Å². The summed E-state index contributed by atoms with van der Waals surface area (Å²) in [5.74, 6) is 1.44. The average Bonchev–Trinajstić information content (AvgIpc) is 3.26. The third-order valence-electron chi connectivity index (χ3n) is 5.50. The molecule has 1 heterocycles. The lowest BCUT2D eigenvalue weighted by Gasteiger charge is -2.11. The highest BCUT2D eigenvalue weighted by atomic mass is 16.5. The number of carbonyl (C=O) groups excluding carboxylic acids is 1. The Kier molecular flexibility index (Phi) is 8.42. The number of hydrogen-bond acceptors (Lipinski definition) is 6. The van der Waals surface area contributed by atoms with E-state index in [0.717, 1.165) is 24.0 Å². The Labute approximate surface area is 189 Å². The summed E-state index contributed by atoms with van der Waals surface area (Å²) in [6, 6.07) is 9.01. The number of rotatable bonds is 12. The summed E-state index contributed by atoms with van der Waals surface area (Å²) in [5, 5.41) is 0.675. The van der Waals surface area contributed by atoms with Crippen molar-refractivity contribution in [3.63, 3.8) is 0 Å². The van der Waals surface area contributed by atoms with E-state index in [0.29, 0.717) is 40.4 Å². The van der Waals surface area contributed by atoms with Crippen molar-refractivity contribution in [1.82, 2.24) is 0 Å². The maximum atomic E-state index is 13.0. The minimum absolute atomic E-state index is 0.389. The molecule has 0 N–H and O–H groups in total. The maximum absolute atomic E-state index is 13.0. The van der Waals surface area contributed by atoms with Crippen LogP contribution in [0.25, 0.3) is 22.1 Å². The van der Waals surface area contributed by atoms with Gasteiger partial charge in [0.05, 0.1) is 39.8 Å². The van der Waals surface area contributed by atoms with Gasteiger partial charge in [-0.15, -0.1) is 0 Å². The summed E-state index contributed by atoms with van der Waals surface area (Å²) >= 11 is 0. The number of esters is 1. The summed E-state index contributed by atoms with van der Waals surface area (Å²) in [4.78, 5) is 13.0. The fourth-order valence-electron chi connectivity index (χ4n) is 3.72. The normalized spacial score (nSPS) is 10.9. The van der Waals surface area contributed by atoms with E-state index in [4.69, 9.17) is 23.4 Å². The van der Waals surface area contributed by atoms with Crippen LogP contribution < -0.4 is 14.2 Å². The Morgan fingerprint density at radius 1 is 0.812 bits per heavy atom. The summed E-state index contributed by atoms with van der Waals surface area (Å²) in [7, 11) is 4.76. The molecule has 0 aliphatic rings. The lowest BCUT2D eigenvalue weighted by Crippen LogP contribution is -2.07. The van der Waals surface area contributed by atoms with Gasteiger partial charge in [0.2, 0.25) is 0 Å². The first-order valence-electron chi connectivity index (χ1n) is 11.1. The van der Waals surface area contributed by atoms with Gasteiger partial charge in [-0.05, 0) is 30.2 Å². The standard InChI is InChI=1S/C26H32O6/c1-5-6-7-8-9-10-11-31-26(27)22-15-21(30-4)16-24-25(22)23(17-32-24)18-12-19(28-2)14-20(13-18)29-3/h12-17H,5-11H2,1-4H3. The molecule has 0 aliphatic carbocycles. The summed E-state index contributed by atoms with van der Waals surface area (Å²) in [5.41, 5.74) is 2.53. The molecule has 2 aromatic carbocycles. The number of furan rings is 1. The molecule has 32 heavy (non-hydrogen) atoms. The number of methoxy groups -OCH3 is 3. The summed E-state index contributed by atoms with van der Waals surface area (Å²) in [6.45, 7) is 2.59. The maximum Gasteiger partial charge on any atom is 0.339 e. The molecule has 1 aromatic heterocycles. The molecule has 3 aromatic rings. The lowest BCUT2D eigenvalue weighted by molar-refractivity contribution is 0.0499. The molecule has 6 nitrogen and oxygen atoms in total. The molecule has 0 aliphatic heterocycles. The second-order valence-corrected chi connectivity index (χ2v) is 7.70. The smallest absolute Gasteiger partial charge is 0.339 e. The van der Waals surface area contributed by atoms with Crippen molar-refractivity contribution in [3.05, 3.63) is 42.2 Å². The van der Waals surface area contributed by atoms with Crippen molar-refractivity contribution in [1.29, 1.82) is 0 Å². The summed E-state index contributed by atoms with van der Waals surface area (Å²) in [6.07, 6.45) is 8.40. The van der Waals surface area contributed by atoms with Crippen LogP contribution in [-0.4, -0.2) is 33.9 Å². The van der Waals surface area contributed by atoms with Crippen molar-refractivity contribution in [3.8, 4) is 28.4 Å². The molecule has 0 unspecified atom stereocenters. The Hall–Kier alpha value is -3.15. The van der Waals surface area contributed by atoms with Gasteiger partial charge in [-0.1, -0.05) is 39.0 Å². The molecule has 0 radical (unpaired) electrons. The zero-order chi connectivity index (χ0) is 22.9. The predicted octanol–water partition coefficient (Wildman–Crippen LogP) is 6.64. The van der Waals surface area contributed by atoms with E-state index in [1.807, 2.05) is 12.1 Å². The number of hydrogen-bond donors (Lipinski definition) is 0. The molecule has 6 heteroatoms. The Balaban J connectivity index is 1.89. The van der Waals surface area contributed by atoms with E-state index in [-0.39, 0.29) is 5.97 Å². The molecule has 172 valence electrons. The van der Waals surface area contributed by atoms with Crippen LogP contribution in [0.15, 0.2) is 41.0 Å². The third kappa shape index (κ3) is 5.55. The minimum Gasteiger partial charge on any atom is -0.497 e. The highest BCUT2D eigenvalue weighted by molar-refractivity contribution is 6.10. The zero-order valence-electron chi connectivity index (χ0n) is 19.4. The van der Waals surface area contributed by atoms with Gasteiger partial charge >= 0.3 is 5.97 Å². The van der Waals surface area contributed by atoms with Crippen molar-refractivity contribution >= 4 is 16.9 Å². The van der Waals surface area contributed by atoms with Crippen LogP contribution in [0.1, 0.15) is 55.8 Å². The van der Waals surface area contributed by atoms with Crippen LogP contribution in [0, 0.1) is 0 Å². The van der Waals surface area contributed by atoms with Gasteiger partial charge in [-0.3, -0.25) is 0 Å². The molecule has 0 saturated carbocycles. The fourth-order valence-corrected chi connectivity index (χ4v) is 3.72. The number of benzene rings is 2. The van der Waals surface area contributed by atoms with Crippen molar-refractivity contribution in [2.75, 3.05) is 27.9 Å². The third-order valence-corrected chi connectivity index (χ3v) is 5.50. The van der Waals surface area contributed by atoms with Crippen LogP contribution in [-0.2, 0) is 4.74 Å². The van der Waals surface area contributed by atoms with E-state index in [9.17, 15) is 4.79 Å². The second kappa shape index (κ2) is 11.5. The van der Waals surface area contributed by atoms with Gasteiger partial charge in [0.25, 0.3) is 0 Å². The zero-order valence-corrected chi connectivity index (χ0v) is 19.4. The molecule has 0 amide bonds. The van der Waals surface area contributed by atoms with E-state index in [1.54, 1.807) is 45.8 Å². The van der Waals surface area contributed by atoms with Crippen LogP contribution in [0.3, 0.4) is 0 Å². The van der Waals surface area contributed by atoms with Gasteiger partial charge in [0, 0.05) is 23.1 Å². The first-order valence-corrected chi connectivity index (χ1v) is 11.1. The Bertz CT molecular complexity index is 1010. The van der Waals surface area contributed by atoms with Gasteiger partial charge < -0.3 is 23.4 Å². The number of unbranched alkanes of at least 4 members (excludes halogenated alkanes) is 5. The molecule has 0 bridgehead atoms. The first-order chi connectivity index (χ1) is 15.6. The molecular weight excluding hydrogens is 408 g/mol. The first kappa shape index (κ1) is 23.5. The largest absolute Gasteiger partial charge is 0.497 e. The number of ether oxygens (including phenoxy) is 4. The highest BCUT2D eigenvalue weighted by Crippen LogP contribution is 2.39. The van der Waals surface area contributed by atoms with Crippen molar-refractivity contribution in [2.24, 2.45) is 0 Å². The molecule has 0 fully saturated rings. The van der Waals surface area contributed by atoms with Crippen LogP contribution >= 0.6 is 0 Å². The number of fused-ring (bicyclic) bond motifs is 1. The Morgan fingerprint density at radius 2 is 1.44 bits per heavy atom. The monoisotopic (exact) mass is 440 g/mol. The average molecular weight is 441 g/mol. The predicted molar refractivity (Wildman–Crippen MR) is 125 cm³/mol. The topological polar surface area (TPSA) is 67.1 Å². The number of carbonyl (C=O) groups is 1. The van der Waals surface area contributed by atoms with Gasteiger partial charge in [0.1, 0.15) is 22.8 Å². The Morgan fingerprint density at radius 3 is 2.09 bits per heavy atom. The van der Waals surface area contributed by atoms with Gasteiger partial charge in [-0.2, -0.15) is 0 Å². The fraction of sp³-hybridized carbons (Fsp3) is 0.423. The van der Waals surface area contributed by atoms with Gasteiger partial charge in [-0.25, -0.2) is 4.79 Å². The molecular formula is C26H32O6. The highest BCUT2D eigenvalue weighted by Gasteiger charge is 2.21. The lowest BCUT2D eigenvalue weighted by atomic mass is 10.00. The van der Waals surface area contributed by atoms with Gasteiger partial charge in [0.15, 0.2) is 0 Å². The molecule has 0 atom stereocenters.